The lowest BCUT2D eigenvalue weighted by Crippen LogP contribution is -2.35. The van der Waals surface area contributed by atoms with Gasteiger partial charge < -0.3 is 5.32 Å². The predicted molar refractivity (Wildman–Crippen MR) is 87.2 cm³/mol. The highest BCUT2D eigenvalue weighted by atomic mass is 32.1. The third-order valence-corrected chi connectivity index (χ3v) is 5.32. The van der Waals surface area contributed by atoms with Crippen molar-refractivity contribution >= 4 is 11.3 Å². The van der Waals surface area contributed by atoms with Crippen molar-refractivity contribution in [1.29, 1.82) is 0 Å². The van der Waals surface area contributed by atoms with Gasteiger partial charge >= 0.3 is 0 Å². The van der Waals surface area contributed by atoms with E-state index in [-0.39, 0.29) is 0 Å². The van der Waals surface area contributed by atoms with Gasteiger partial charge in [0, 0.05) is 10.9 Å². The summed E-state index contributed by atoms with van der Waals surface area (Å²) in [6.07, 6.45) is 5.36. The maximum absolute atomic E-state index is 3.91. The van der Waals surface area contributed by atoms with Gasteiger partial charge in [-0.3, -0.25) is 0 Å². The second-order valence-corrected chi connectivity index (χ2v) is 6.96. The van der Waals surface area contributed by atoms with Crippen molar-refractivity contribution in [2.24, 2.45) is 5.92 Å². The Bertz CT molecular complexity index is 497. The van der Waals surface area contributed by atoms with Crippen molar-refractivity contribution in [3.8, 4) is 0 Å². The summed E-state index contributed by atoms with van der Waals surface area (Å²) in [5, 5.41) is 6.08. The average molecular weight is 285 g/mol. The SMILES string of the molecule is CC1CCC(NC(c2ccccc2)c2cccs2)CC1. The van der Waals surface area contributed by atoms with Gasteiger partial charge in [-0.2, -0.15) is 0 Å². The molecule has 2 aromatic rings. The fourth-order valence-electron chi connectivity index (χ4n) is 3.11. The summed E-state index contributed by atoms with van der Waals surface area (Å²) in [5.41, 5.74) is 1.38. The maximum Gasteiger partial charge on any atom is 0.0673 e. The van der Waals surface area contributed by atoms with Crippen LogP contribution in [0.3, 0.4) is 0 Å². The molecule has 1 aliphatic carbocycles. The van der Waals surface area contributed by atoms with Crippen LogP contribution in [0, 0.1) is 5.92 Å². The molecule has 0 radical (unpaired) electrons. The minimum Gasteiger partial charge on any atom is -0.303 e. The minimum absolute atomic E-state index is 0.356. The van der Waals surface area contributed by atoms with Crippen molar-refractivity contribution < 1.29 is 0 Å². The lowest BCUT2D eigenvalue weighted by Gasteiger charge is -2.31. The van der Waals surface area contributed by atoms with Crippen LogP contribution in [0.5, 0.6) is 0 Å². The van der Waals surface area contributed by atoms with Crippen LogP contribution in [-0.2, 0) is 0 Å². The molecule has 0 aliphatic heterocycles. The number of nitrogens with one attached hydrogen (secondary N) is 1. The Labute approximate surface area is 126 Å². The monoisotopic (exact) mass is 285 g/mol. The lowest BCUT2D eigenvalue weighted by atomic mass is 9.86. The van der Waals surface area contributed by atoms with Gasteiger partial charge in [0.1, 0.15) is 0 Å². The zero-order chi connectivity index (χ0) is 13.8. The van der Waals surface area contributed by atoms with Crippen LogP contribution in [0.1, 0.15) is 49.1 Å². The first-order valence-corrected chi connectivity index (χ1v) is 8.55. The molecule has 1 heterocycles. The highest BCUT2D eigenvalue weighted by molar-refractivity contribution is 7.10. The Morgan fingerprint density at radius 1 is 1.00 bits per heavy atom. The highest BCUT2D eigenvalue weighted by Gasteiger charge is 2.23. The molecule has 1 unspecified atom stereocenters. The number of rotatable bonds is 4. The van der Waals surface area contributed by atoms with Crippen LogP contribution in [-0.4, -0.2) is 6.04 Å². The van der Waals surface area contributed by atoms with Crippen molar-refractivity contribution in [2.75, 3.05) is 0 Å². The second kappa shape index (κ2) is 6.55. The summed E-state index contributed by atoms with van der Waals surface area (Å²) < 4.78 is 0. The third kappa shape index (κ3) is 3.31. The first kappa shape index (κ1) is 13.8. The normalized spacial score (nSPS) is 24.4. The fraction of sp³-hybridized carbons (Fsp3) is 0.444. The van der Waals surface area contributed by atoms with Crippen LogP contribution >= 0.6 is 11.3 Å². The molecule has 0 amide bonds. The molecule has 2 heteroatoms. The van der Waals surface area contributed by atoms with E-state index in [9.17, 15) is 0 Å². The molecule has 0 saturated heterocycles. The Morgan fingerprint density at radius 3 is 2.40 bits per heavy atom. The van der Waals surface area contributed by atoms with Crippen molar-refractivity contribution in [1.82, 2.24) is 5.32 Å². The molecule has 1 aromatic carbocycles. The quantitative estimate of drug-likeness (QED) is 0.833. The average Bonchev–Trinajstić information content (AvgIpc) is 3.01. The fourth-order valence-corrected chi connectivity index (χ4v) is 3.92. The van der Waals surface area contributed by atoms with E-state index < -0.39 is 0 Å². The van der Waals surface area contributed by atoms with E-state index in [2.05, 4.69) is 60.1 Å². The molecule has 3 rings (SSSR count). The van der Waals surface area contributed by atoms with Gasteiger partial charge in [-0.15, -0.1) is 11.3 Å². The first-order chi connectivity index (χ1) is 9.83. The molecule has 1 N–H and O–H groups in total. The first-order valence-electron chi connectivity index (χ1n) is 7.67. The van der Waals surface area contributed by atoms with Crippen LogP contribution in [0.15, 0.2) is 47.8 Å². The van der Waals surface area contributed by atoms with Gasteiger partial charge in [0.15, 0.2) is 0 Å². The maximum atomic E-state index is 3.91. The van der Waals surface area contributed by atoms with Crippen molar-refractivity contribution in [3.63, 3.8) is 0 Å². The largest absolute Gasteiger partial charge is 0.303 e. The molecule has 1 fully saturated rings. The van der Waals surface area contributed by atoms with E-state index in [0.29, 0.717) is 12.1 Å². The van der Waals surface area contributed by atoms with Crippen LogP contribution in [0.4, 0.5) is 0 Å². The van der Waals surface area contributed by atoms with Gasteiger partial charge in [-0.1, -0.05) is 43.3 Å². The van der Waals surface area contributed by atoms with Gasteiger partial charge in [-0.05, 0) is 48.6 Å². The number of thiophene rings is 1. The molecule has 1 atom stereocenters. The zero-order valence-electron chi connectivity index (χ0n) is 12.1. The van der Waals surface area contributed by atoms with E-state index in [1.165, 1.54) is 36.1 Å². The number of hydrogen-bond donors (Lipinski definition) is 1. The molecule has 1 nitrogen and oxygen atoms in total. The molecule has 1 aromatic heterocycles. The molecule has 0 bridgehead atoms. The third-order valence-electron chi connectivity index (χ3n) is 4.38. The van der Waals surface area contributed by atoms with Crippen molar-refractivity contribution in [2.45, 2.75) is 44.7 Å². The minimum atomic E-state index is 0.356. The summed E-state index contributed by atoms with van der Waals surface area (Å²) in [6, 6.07) is 16.3. The Balaban J connectivity index is 1.77. The highest BCUT2D eigenvalue weighted by Crippen LogP contribution is 2.30. The van der Waals surface area contributed by atoms with Crippen molar-refractivity contribution in [3.05, 3.63) is 58.3 Å². The number of benzene rings is 1. The molecule has 1 saturated carbocycles. The summed E-state index contributed by atoms with van der Waals surface area (Å²) in [4.78, 5) is 1.43. The van der Waals surface area contributed by atoms with E-state index in [0.717, 1.165) is 5.92 Å². The number of hydrogen-bond acceptors (Lipinski definition) is 2. The van der Waals surface area contributed by atoms with Crippen LogP contribution < -0.4 is 5.32 Å². The van der Waals surface area contributed by atoms with Gasteiger partial charge in [0.25, 0.3) is 0 Å². The standard InChI is InChI=1S/C18H23NS/c1-14-9-11-16(12-10-14)19-18(17-8-5-13-20-17)15-6-3-2-4-7-15/h2-8,13-14,16,18-19H,9-12H2,1H3. The molecule has 1 aliphatic rings. The summed E-state index contributed by atoms with van der Waals surface area (Å²) in [7, 11) is 0. The Morgan fingerprint density at radius 2 is 1.75 bits per heavy atom. The smallest absolute Gasteiger partial charge is 0.0673 e. The summed E-state index contributed by atoms with van der Waals surface area (Å²) in [5.74, 6) is 0.907. The van der Waals surface area contributed by atoms with Crippen LogP contribution in [0.2, 0.25) is 0 Å². The molecular formula is C18H23NS. The summed E-state index contributed by atoms with van der Waals surface area (Å²) >= 11 is 1.85. The predicted octanol–water partition coefficient (Wildman–Crippen LogP) is 5.01. The van der Waals surface area contributed by atoms with E-state index >= 15 is 0 Å². The van der Waals surface area contributed by atoms with Gasteiger partial charge in [-0.25, -0.2) is 0 Å². The van der Waals surface area contributed by atoms with E-state index in [4.69, 9.17) is 0 Å². The van der Waals surface area contributed by atoms with Gasteiger partial charge in [0.05, 0.1) is 6.04 Å². The Hall–Kier alpha value is -1.12. The van der Waals surface area contributed by atoms with E-state index in [1.807, 2.05) is 11.3 Å². The summed E-state index contributed by atoms with van der Waals surface area (Å²) in [6.45, 7) is 2.38. The van der Waals surface area contributed by atoms with E-state index in [1.54, 1.807) is 0 Å². The molecular weight excluding hydrogens is 262 g/mol. The molecule has 20 heavy (non-hydrogen) atoms. The lowest BCUT2D eigenvalue weighted by molar-refractivity contribution is 0.297. The van der Waals surface area contributed by atoms with Gasteiger partial charge in [0.2, 0.25) is 0 Å². The zero-order valence-corrected chi connectivity index (χ0v) is 12.9. The molecule has 0 spiro atoms. The molecule has 106 valence electrons. The topological polar surface area (TPSA) is 12.0 Å². The Kier molecular flexibility index (Phi) is 4.54. The second-order valence-electron chi connectivity index (χ2n) is 5.98. The van der Waals surface area contributed by atoms with Crippen LogP contribution in [0.25, 0.3) is 0 Å².